The van der Waals surface area contributed by atoms with Gasteiger partial charge >= 0.3 is 30.1 Å². The number of nitrogens with zero attached hydrogens (tertiary/aromatic N) is 1. The van der Waals surface area contributed by atoms with Crippen LogP contribution in [0.2, 0.25) is 0 Å². The lowest BCUT2D eigenvalue weighted by Crippen LogP contribution is -2.63. The van der Waals surface area contributed by atoms with Crippen LogP contribution in [0.4, 0.5) is 9.59 Å². The third-order valence-electron chi connectivity index (χ3n) is 24.7. The molecule has 4 aliphatic heterocycles. The van der Waals surface area contributed by atoms with Gasteiger partial charge in [0.2, 0.25) is 11.8 Å². The smallest absolute Gasteiger partial charge is 0.407 e. The van der Waals surface area contributed by atoms with Crippen LogP contribution in [0, 0.1) is 5.41 Å². The maximum Gasteiger partial charge on any atom is 0.407 e. The molecule has 1 unspecified atom stereocenters. The molecule has 0 bridgehead atoms. The normalized spacial score (nSPS) is 24.6. The van der Waals surface area contributed by atoms with Gasteiger partial charge in [-0.1, -0.05) is 181 Å². The first-order valence-electron chi connectivity index (χ1n) is 53.3. The molecule has 0 aromatic heterocycles. The molecule has 17 N–H and O–H groups in total. The van der Waals surface area contributed by atoms with E-state index in [0.29, 0.717) is 19.8 Å². The molecule has 4 amide bonds. The maximum absolute atomic E-state index is 13.6. The first kappa shape index (κ1) is 134. The number of unbranched alkanes of at least 4 members (excludes halogenated alkanes) is 26. The molecule has 0 spiro atoms. The lowest BCUT2D eigenvalue weighted by molar-refractivity contribution is -0.376. The molecular weight excluding hydrogens is 1950 g/mol. The Labute approximate surface area is 865 Å². The molecule has 4 aliphatic rings. The third kappa shape index (κ3) is 60.9. The molecule has 4 fully saturated rings. The van der Waals surface area contributed by atoms with Crippen LogP contribution in [-0.2, 0) is 133 Å². The van der Waals surface area contributed by atoms with Gasteiger partial charge in [-0.2, -0.15) is 0 Å². The Kier molecular flexibility index (Phi) is 78.2. The molecule has 0 aliphatic carbocycles. The highest BCUT2D eigenvalue weighted by Gasteiger charge is 2.53. The van der Waals surface area contributed by atoms with Crippen LogP contribution in [0.1, 0.15) is 226 Å². The topological polar surface area (TPSA) is 654 Å². The van der Waals surface area contributed by atoms with E-state index >= 15 is 0 Å². The Morgan fingerprint density at radius 1 is 0.272 bits per heavy atom. The highest BCUT2D eigenvalue weighted by atomic mass is 16.8. The summed E-state index contributed by atoms with van der Waals surface area (Å²) >= 11 is 0. The molecule has 0 saturated carbocycles. The quantitative estimate of drug-likeness (QED) is 0.0229. The predicted molar refractivity (Wildman–Crippen MR) is 521 cm³/mol. The molecule has 21 atom stereocenters. The molecule has 0 aromatic rings. The summed E-state index contributed by atoms with van der Waals surface area (Å²) < 4.78 is 125. The second-order valence-electron chi connectivity index (χ2n) is 37.0. The highest BCUT2D eigenvalue weighted by Crippen LogP contribution is 2.32. The van der Waals surface area contributed by atoms with E-state index in [1.54, 1.807) is 0 Å². The molecule has 862 valence electrons. The highest BCUT2D eigenvalue weighted by molar-refractivity contribution is 5.84. The molecular formula is C99H182N4O44. The monoisotopic (exact) mass is 2130 g/mol. The molecule has 48 nitrogen and oxygen atoms in total. The average molecular weight is 2130 g/mol. The molecule has 0 aromatic carbocycles. The van der Waals surface area contributed by atoms with Crippen LogP contribution in [0.3, 0.4) is 0 Å². The van der Waals surface area contributed by atoms with Crippen molar-refractivity contribution in [2.24, 2.45) is 5.41 Å². The number of hydrogen-bond donors (Lipinski definition) is 17. The summed E-state index contributed by atoms with van der Waals surface area (Å²) in [5.41, 5.74) is -1.71. The van der Waals surface area contributed by atoms with Gasteiger partial charge in [-0.25, -0.2) is 9.59 Å². The van der Waals surface area contributed by atoms with Gasteiger partial charge in [-0.3, -0.25) is 24.0 Å². The van der Waals surface area contributed by atoms with E-state index in [0.717, 1.165) is 38.8 Å². The van der Waals surface area contributed by atoms with Crippen molar-refractivity contribution in [1.29, 1.82) is 0 Å². The number of nitrogens with one attached hydrogen (secondary N) is 3. The fraction of sp³-hybridized carbons (Fsp3) is 0.929. The zero-order valence-corrected chi connectivity index (χ0v) is 87.1. The minimum Gasteiger partial charge on any atom is -0.463 e. The van der Waals surface area contributed by atoms with Gasteiger partial charge < -0.3 is 201 Å². The fourth-order valence-electron chi connectivity index (χ4n) is 15.7. The van der Waals surface area contributed by atoms with Crippen molar-refractivity contribution in [3.05, 3.63) is 0 Å². The number of carbonyl (C=O) groups is 7. The van der Waals surface area contributed by atoms with Crippen LogP contribution >= 0.6 is 0 Å². The summed E-state index contributed by atoms with van der Waals surface area (Å²) in [5, 5.41) is 150. The average Bonchev–Trinajstić information content (AvgIpc) is 0.793. The zero-order valence-electron chi connectivity index (χ0n) is 87.1. The first-order chi connectivity index (χ1) is 71.2. The molecule has 48 heteroatoms. The Morgan fingerprint density at radius 3 is 0.816 bits per heavy atom. The van der Waals surface area contributed by atoms with Crippen LogP contribution in [0.5, 0.6) is 0 Å². The van der Waals surface area contributed by atoms with E-state index in [-0.39, 0.29) is 203 Å². The Bertz CT molecular complexity index is 3100. The second kappa shape index (κ2) is 85.9. The molecule has 4 saturated heterocycles. The van der Waals surface area contributed by atoms with E-state index in [4.69, 9.17) is 109 Å². The molecule has 4 rings (SSSR count). The van der Waals surface area contributed by atoms with Crippen molar-refractivity contribution in [3.8, 4) is 0 Å². The standard InChI is InChI=1S/C99H182N4O44/c1-4-6-8-10-12-14-16-18-20-22-24-26-28-30-39-103(40-31-29-27-25-23-21-19-17-15-13-11-9-7-5-2)77(107)33-32-76(106)100-36-43-127-48-53-132-60-61-135-62-63-136-64-65-137-96(122)99(3,70-140-97(123)101-37-44-128-49-54-133-58-56-130-51-46-125-41-34-78(108)138-68-74-82(112)86(116)90(120)94(144-74)146-92-88(118)84(114)80(110)72(66-104)142-92)71-141-98(124)102-38-45-129-50-55-134-59-57-131-52-47-126-42-35-79(109)139-69-75-83(113)87(117)91(121)95(145-75)147-93-89(119)85(115)81(111)73(67-105)143-93/h72-75,80-95,104-105,110-121H,4-71H2,1-3H3,(H,100,106)(H,101,123)(H,102,124)/t72-,73-,74-,75+,80-,81-,82-,83-,84+,85+,86+,87+,88-,89-,90-,91-,92-,93-,94-,95-,99?/m1/s1. The van der Waals surface area contributed by atoms with Crippen LogP contribution in [0.25, 0.3) is 0 Å². The van der Waals surface area contributed by atoms with E-state index in [2.05, 4.69) is 29.8 Å². The van der Waals surface area contributed by atoms with Crippen molar-refractivity contribution in [2.45, 2.75) is 349 Å². The predicted octanol–water partition coefficient (Wildman–Crippen LogP) is 0.990. The summed E-state index contributed by atoms with van der Waals surface area (Å²) in [7, 11) is 0. The summed E-state index contributed by atoms with van der Waals surface area (Å²) in [6, 6.07) is 0. The molecule has 147 heavy (non-hydrogen) atoms. The Hall–Kier alpha value is -5.39. The number of aliphatic hydroxyl groups is 14. The summed E-state index contributed by atoms with van der Waals surface area (Å²) in [4.78, 5) is 92.7. The SMILES string of the molecule is CCCCCCCCCCCCCCCCN(CCCCCCCCCCCCCCCC)C(=O)CCC(=O)NCCOCCOCCOCCOCCOC(=O)C(C)(COC(=O)NCCOCCOCCOCCOCCC(=O)OC[C@@H]1O[C@H](O[C@H]2O[C@H](CO)[C@@H](O)[C@H](O)[C@H]2O)[C@H](O)[C@@H](O)[C@@H]1O)COC(=O)NCCOCCOCCOCCOCCC(=O)OC[C@H]1O[C@H](O[C@H]2O[C@H](CO)[C@@H](O)[C@H](O)[C@H]2O)[C@H](O)[C@@H](O)[C@@H]1O. The Morgan fingerprint density at radius 2 is 0.524 bits per heavy atom. The Balaban J connectivity index is 1.07. The van der Waals surface area contributed by atoms with Gasteiger partial charge in [0, 0.05) is 45.6 Å². The zero-order chi connectivity index (χ0) is 107. The summed E-state index contributed by atoms with van der Waals surface area (Å²) in [5.74, 6) is -2.55. The number of amides is 4. The van der Waals surface area contributed by atoms with Gasteiger partial charge in [-0.05, 0) is 19.8 Å². The van der Waals surface area contributed by atoms with Gasteiger partial charge in [0.25, 0.3) is 0 Å². The van der Waals surface area contributed by atoms with E-state index in [9.17, 15) is 105 Å². The summed E-state index contributed by atoms with van der Waals surface area (Å²) in [6.07, 6.45) is -0.549. The van der Waals surface area contributed by atoms with Crippen molar-refractivity contribution in [3.63, 3.8) is 0 Å². The number of rotatable bonds is 93. The molecule has 0 radical (unpaired) electrons. The van der Waals surface area contributed by atoms with Gasteiger partial charge in [0.1, 0.15) is 136 Å². The number of carbonyl (C=O) groups excluding carboxylic acids is 7. The number of esters is 3. The van der Waals surface area contributed by atoms with Crippen molar-refractivity contribution >= 4 is 41.9 Å². The number of hydrogen-bond acceptors (Lipinski definition) is 44. The number of ether oxygens (including phenoxy) is 23. The third-order valence-corrected chi connectivity index (χ3v) is 24.7. The lowest BCUT2D eigenvalue weighted by atomic mass is 9.93. The summed E-state index contributed by atoms with van der Waals surface area (Å²) in [6.45, 7) is 7.02. The first-order valence-corrected chi connectivity index (χ1v) is 53.3. The van der Waals surface area contributed by atoms with Crippen molar-refractivity contribution < 1.29 is 214 Å². The largest absolute Gasteiger partial charge is 0.463 e. The van der Waals surface area contributed by atoms with Crippen LogP contribution < -0.4 is 16.0 Å². The van der Waals surface area contributed by atoms with E-state index in [1.807, 2.05) is 4.90 Å². The second-order valence-corrected chi connectivity index (χ2v) is 37.0. The van der Waals surface area contributed by atoms with Crippen molar-refractivity contribution in [1.82, 2.24) is 20.9 Å². The fourth-order valence-corrected chi connectivity index (χ4v) is 15.7. The van der Waals surface area contributed by atoms with Gasteiger partial charge in [0.15, 0.2) is 25.2 Å². The number of aliphatic hydroxyl groups excluding tert-OH is 14. The van der Waals surface area contributed by atoms with Crippen LogP contribution in [0.15, 0.2) is 0 Å². The minimum atomic E-state index is -1.89. The molecule has 4 heterocycles. The van der Waals surface area contributed by atoms with Gasteiger partial charge in [-0.15, -0.1) is 0 Å². The van der Waals surface area contributed by atoms with E-state index in [1.165, 1.54) is 161 Å². The van der Waals surface area contributed by atoms with Gasteiger partial charge in [0.05, 0.1) is 185 Å². The van der Waals surface area contributed by atoms with E-state index < -0.39 is 198 Å². The lowest BCUT2D eigenvalue weighted by Gasteiger charge is -2.44. The maximum atomic E-state index is 13.6. The van der Waals surface area contributed by atoms with Crippen LogP contribution in [-0.4, -0.2) is 479 Å². The van der Waals surface area contributed by atoms with Crippen molar-refractivity contribution in [2.75, 3.05) is 238 Å². The number of alkyl carbamates (subject to hydrolysis) is 2. The minimum absolute atomic E-state index is 0.00696.